The van der Waals surface area contributed by atoms with Gasteiger partial charge in [-0.05, 0) is 19.4 Å². The van der Waals surface area contributed by atoms with Crippen LogP contribution in [0.25, 0.3) is 0 Å². The lowest BCUT2D eigenvalue weighted by Gasteiger charge is -2.00. The van der Waals surface area contributed by atoms with E-state index < -0.39 is 0 Å². The molecule has 0 aliphatic carbocycles. The van der Waals surface area contributed by atoms with Crippen molar-refractivity contribution in [2.75, 3.05) is 20.3 Å². The van der Waals surface area contributed by atoms with Crippen LogP contribution in [-0.4, -0.2) is 30.4 Å². The minimum atomic E-state index is 0.670. The molecule has 0 unspecified atom stereocenters. The van der Waals surface area contributed by atoms with E-state index in [0.29, 0.717) is 12.4 Å². The summed E-state index contributed by atoms with van der Waals surface area (Å²) in [5.74, 6) is 0.701. The largest absolute Gasteiger partial charge is 0.385 e. The van der Waals surface area contributed by atoms with E-state index in [1.807, 2.05) is 0 Å². The van der Waals surface area contributed by atoms with Gasteiger partial charge in [0.25, 0.3) is 0 Å². The molecule has 0 amide bonds. The molecule has 0 atom stereocenters. The number of hydrogen-bond donors (Lipinski definition) is 1. The van der Waals surface area contributed by atoms with Crippen LogP contribution < -0.4 is 5.32 Å². The van der Waals surface area contributed by atoms with Gasteiger partial charge in [-0.25, -0.2) is 0 Å². The van der Waals surface area contributed by atoms with Gasteiger partial charge in [0.2, 0.25) is 6.39 Å². The Bertz CT molecular complexity index is 201. The summed E-state index contributed by atoms with van der Waals surface area (Å²) in [6, 6.07) is 0. The molecule has 0 aromatic carbocycles. The van der Waals surface area contributed by atoms with E-state index >= 15 is 0 Å². The maximum Gasteiger partial charge on any atom is 0.213 e. The van der Waals surface area contributed by atoms with E-state index in [1.54, 1.807) is 7.11 Å². The molecule has 0 aliphatic heterocycles. The third-order valence-corrected chi connectivity index (χ3v) is 1.64. The first-order chi connectivity index (χ1) is 6.43. The van der Waals surface area contributed by atoms with Crippen molar-refractivity contribution in [3.63, 3.8) is 0 Å². The second-order valence-electron chi connectivity index (χ2n) is 2.72. The van der Waals surface area contributed by atoms with Crippen LogP contribution in [0.4, 0.5) is 0 Å². The van der Waals surface area contributed by atoms with Crippen LogP contribution in [0.2, 0.25) is 0 Å². The number of nitrogens with zero attached hydrogens (tertiary/aromatic N) is 2. The molecule has 1 rings (SSSR count). The van der Waals surface area contributed by atoms with Crippen molar-refractivity contribution in [2.45, 2.75) is 19.4 Å². The quantitative estimate of drug-likeness (QED) is 0.630. The summed E-state index contributed by atoms with van der Waals surface area (Å²) in [5.41, 5.74) is 0. The first-order valence-electron chi connectivity index (χ1n) is 4.38. The van der Waals surface area contributed by atoms with Crippen LogP contribution in [-0.2, 0) is 11.3 Å². The molecule has 1 heterocycles. The maximum absolute atomic E-state index is 4.93. The lowest BCUT2D eigenvalue weighted by molar-refractivity contribution is 0.192. The molecule has 1 aromatic heterocycles. The van der Waals surface area contributed by atoms with Crippen molar-refractivity contribution in [1.82, 2.24) is 15.5 Å². The topological polar surface area (TPSA) is 60.2 Å². The molecule has 0 radical (unpaired) electrons. The molecule has 0 aliphatic rings. The van der Waals surface area contributed by atoms with Gasteiger partial charge in [0.1, 0.15) is 0 Å². The van der Waals surface area contributed by atoms with Crippen LogP contribution in [0.5, 0.6) is 0 Å². The Morgan fingerprint density at radius 3 is 3.15 bits per heavy atom. The summed E-state index contributed by atoms with van der Waals surface area (Å²) in [4.78, 5) is 3.89. The molecular weight excluding hydrogens is 170 g/mol. The van der Waals surface area contributed by atoms with Gasteiger partial charge in [-0.3, -0.25) is 0 Å². The monoisotopic (exact) mass is 185 g/mol. The fourth-order valence-electron chi connectivity index (χ4n) is 0.967. The van der Waals surface area contributed by atoms with Crippen molar-refractivity contribution in [1.29, 1.82) is 0 Å². The predicted molar refractivity (Wildman–Crippen MR) is 47.1 cm³/mol. The molecule has 0 fully saturated rings. The van der Waals surface area contributed by atoms with Crippen LogP contribution in [0.1, 0.15) is 18.7 Å². The Morgan fingerprint density at radius 1 is 1.54 bits per heavy atom. The summed E-state index contributed by atoms with van der Waals surface area (Å²) in [5, 5.41) is 6.88. The van der Waals surface area contributed by atoms with Gasteiger partial charge in [0.05, 0.1) is 6.54 Å². The number of hydrogen-bond acceptors (Lipinski definition) is 5. The highest BCUT2D eigenvalue weighted by Crippen LogP contribution is 1.89. The van der Waals surface area contributed by atoms with E-state index in [0.717, 1.165) is 26.0 Å². The van der Waals surface area contributed by atoms with Crippen LogP contribution in [0.15, 0.2) is 10.9 Å². The third-order valence-electron chi connectivity index (χ3n) is 1.64. The van der Waals surface area contributed by atoms with Gasteiger partial charge in [-0.1, -0.05) is 5.16 Å². The molecule has 5 heteroatoms. The van der Waals surface area contributed by atoms with Crippen LogP contribution in [0, 0.1) is 0 Å². The lowest BCUT2D eigenvalue weighted by atomic mass is 10.3. The highest BCUT2D eigenvalue weighted by molar-refractivity contribution is 4.75. The number of aromatic nitrogens is 2. The molecular formula is C8H15N3O2. The van der Waals surface area contributed by atoms with Crippen LogP contribution >= 0.6 is 0 Å². The van der Waals surface area contributed by atoms with Crippen LogP contribution in [0.3, 0.4) is 0 Å². The number of ether oxygens (including phenoxy) is 1. The number of methoxy groups -OCH3 is 1. The highest BCUT2D eigenvalue weighted by Gasteiger charge is 1.95. The molecule has 74 valence electrons. The van der Waals surface area contributed by atoms with Gasteiger partial charge in [-0.2, -0.15) is 4.98 Å². The Labute approximate surface area is 77.5 Å². The van der Waals surface area contributed by atoms with E-state index in [1.165, 1.54) is 6.39 Å². The van der Waals surface area contributed by atoms with Crippen molar-refractivity contribution in [3.8, 4) is 0 Å². The van der Waals surface area contributed by atoms with Crippen molar-refractivity contribution in [3.05, 3.63) is 12.2 Å². The van der Waals surface area contributed by atoms with Gasteiger partial charge in [0.15, 0.2) is 5.82 Å². The second kappa shape index (κ2) is 6.56. The van der Waals surface area contributed by atoms with Crippen molar-refractivity contribution in [2.24, 2.45) is 0 Å². The first-order valence-corrected chi connectivity index (χ1v) is 4.38. The predicted octanol–water partition coefficient (Wildman–Crippen LogP) is 0.586. The minimum absolute atomic E-state index is 0.670. The Balaban J connectivity index is 1.90. The molecule has 5 nitrogen and oxygen atoms in total. The fourth-order valence-corrected chi connectivity index (χ4v) is 0.967. The van der Waals surface area contributed by atoms with E-state index in [2.05, 4.69) is 20.0 Å². The van der Waals surface area contributed by atoms with Crippen molar-refractivity contribution < 1.29 is 9.26 Å². The highest BCUT2D eigenvalue weighted by atomic mass is 16.5. The van der Waals surface area contributed by atoms with Gasteiger partial charge in [-0.15, -0.1) is 0 Å². The molecule has 1 N–H and O–H groups in total. The lowest BCUT2D eigenvalue weighted by Crippen LogP contribution is -2.15. The van der Waals surface area contributed by atoms with Gasteiger partial charge in [0, 0.05) is 13.7 Å². The zero-order valence-electron chi connectivity index (χ0n) is 7.82. The fraction of sp³-hybridized carbons (Fsp3) is 0.750. The minimum Gasteiger partial charge on any atom is -0.385 e. The summed E-state index contributed by atoms with van der Waals surface area (Å²) >= 11 is 0. The summed E-state index contributed by atoms with van der Waals surface area (Å²) < 4.78 is 9.52. The molecule has 0 bridgehead atoms. The third kappa shape index (κ3) is 4.59. The molecule has 0 spiro atoms. The Kier molecular flexibility index (Phi) is 5.12. The van der Waals surface area contributed by atoms with Gasteiger partial charge < -0.3 is 14.6 Å². The standard InChI is InChI=1S/C8H15N3O2/c1-12-5-3-2-4-9-6-8-10-7-13-11-8/h7,9H,2-6H2,1H3. The molecule has 13 heavy (non-hydrogen) atoms. The van der Waals surface area contributed by atoms with Crippen molar-refractivity contribution >= 4 is 0 Å². The Morgan fingerprint density at radius 2 is 2.46 bits per heavy atom. The number of rotatable bonds is 7. The number of unbranched alkanes of at least 4 members (excludes halogenated alkanes) is 1. The normalized spacial score (nSPS) is 10.5. The average molecular weight is 185 g/mol. The SMILES string of the molecule is COCCCCNCc1ncon1. The summed E-state index contributed by atoms with van der Waals surface area (Å²) in [6.07, 6.45) is 3.52. The molecule has 0 saturated heterocycles. The maximum atomic E-state index is 4.93. The average Bonchev–Trinajstić information content (AvgIpc) is 2.63. The zero-order valence-corrected chi connectivity index (χ0v) is 7.82. The Hall–Kier alpha value is -0.940. The second-order valence-corrected chi connectivity index (χ2v) is 2.72. The molecule has 0 saturated carbocycles. The molecule has 1 aromatic rings. The summed E-state index contributed by atoms with van der Waals surface area (Å²) in [7, 11) is 1.72. The number of nitrogens with one attached hydrogen (secondary N) is 1. The smallest absolute Gasteiger partial charge is 0.213 e. The zero-order chi connectivity index (χ0) is 9.36. The first kappa shape index (κ1) is 10.1. The van der Waals surface area contributed by atoms with E-state index in [9.17, 15) is 0 Å². The summed E-state index contributed by atoms with van der Waals surface area (Å²) in [6.45, 7) is 2.45. The van der Waals surface area contributed by atoms with Gasteiger partial charge >= 0.3 is 0 Å². The van der Waals surface area contributed by atoms with E-state index in [4.69, 9.17) is 4.74 Å². The van der Waals surface area contributed by atoms with E-state index in [-0.39, 0.29) is 0 Å².